The second kappa shape index (κ2) is 14.3. The molecule has 11 heteroatoms. The molecule has 0 spiro atoms. The molecule has 1 atom stereocenters. The highest BCUT2D eigenvalue weighted by atomic mass is 31.2. The van der Waals surface area contributed by atoms with Crippen LogP contribution < -0.4 is 4.90 Å². The number of rotatable bonds is 16. The Morgan fingerprint density at radius 2 is 1.58 bits per heavy atom. The minimum Gasteiger partial charge on any atom is -0.400 e. The van der Waals surface area contributed by atoms with Crippen molar-refractivity contribution in [2.24, 2.45) is 11.3 Å². The van der Waals surface area contributed by atoms with Crippen molar-refractivity contribution in [2.45, 2.75) is 53.0 Å². The summed E-state index contributed by atoms with van der Waals surface area (Å²) in [7, 11) is -2.54. The van der Waals surface area contributed by atoms with E-state index in [4.69, 9.17) is 17.9 Å². The third-order valence-electron chi connectivity index (χ3n) is 5.80. The fourth-order valence-electron chi connectivity index (χ4n) is 3.76. The van der Waals surface area contributed by atoms with Crippen LogP contribution in [0.25, 0.3) is 0 Å². The Morgan fingerprint density at radius 3 is 2.03 bits per heavy atom. The maximum Gasteiger partial charge on any atom is 0.337 e. The van der Waals surface area contributed by atoms with E-state index in [0.29, 0.717) is 6.54 Å². The van der Waals surface area contributed by atoms with Gasteiger partial charge in [-0.15, -0.1) is 0 Å². The molecule has 1 rings (SSSR count). The molecule has 1 amide bonds. The standard InChI is InChI=1S/C22H40NO7PSi2/c1-8-23(18-12-10-9-11-13-18)20(25)15-17(14-19(24)16-31(26,27-4)28-5)22(2,3)21(29-32-6)30-33-7/h9-13,17,21H,8,14-16,32-33H2,1-7H3. The molecule has 0 heterocycles. The first-order valence-corrected chi connectivity index (χ1v) is 17.1. The maximum atomic E-state index is 13.4. The second-order valence-corrected chi connectivity index (χ2v) is 12.4. The van der Waals surface area contributed by atoms with Crippen molar-refractivity contribution in [2.75, 3.05) is 31.8 Å². The number of hydrogen-bond donors (Lipinski definition) is 0. The Labute approximate surface area is 203 Å². The average molecular weight is 518 g/mol. The van der Waals surface area contributed by atoms with Gasteiger partial charge in [-0.1, -0.05) is 45.1 Å². The van der Waals surface area contributed by atoms with Crippen molar-refractivity contribution in [3.8, 4) is 0 Å². The molecule has 0 aliphatic heterocycles. The summed E-state index contributed by atoms with van der Waals surface area (Å²) in [5, 5.41) is 0. The highest BCUT2D eigenvalue weighted by molar-refractivity contribution is 7.54. The van der Waals surface area contributed by atoms with Crippen LogP contribution in [0.5, 0.6) is 0 Å². The van der Waals surface area contributed by atoms with Crippen LogP contribution in [0.15, 0.2) is 30.3 Å². The van der Waals surface area contributed by atoms with Gasteiger partial charge in [-0.3, -0.25) is 14.2 Å². The molecule has 0 aliphatic carbocycles. The zero-order valence-corrected chi connectivity index (χ0v) is 24.8. The fraction of sp³-hybridized carbons (Fsp3) is 0.636. The smallest absolute Gasteiger partial charge is 0.337 e. The number of para-hydroxylation sites is 1. The van der Waals surface area contributed by atoms with E-state index in [2.05, 4.69) is 0 Å². The van der Waals surface area contributed by atoms with Crippen molar-refractivity contribution in [1.29, 1.82) is 0 Å². The van der Waals surface area contributed by atoms with Gasteiger partial charge in [0.15, 0.2) is 19.5 Å². The zero-order valence-electron chi connectivity index (χ0n) is 21.0. The lowest BCUT2D eigenvalue weighted by Gasteiger charge is -2.41. The van der Waals surface area contributed by atoms with Gasteiger partial charge in [0.2, 0.25) is 5.91 Å². The number of amides is 1. The van der Waals surface area contributed by atoms with Crippen LogP contribution in [0.4, 0.5) is 5.69 Å². The summed E-state index contributed by atoms with van der Waals surface area (Å²) < 4.78 is 34.4. The number of hydrogen-bond acceptors (Lipinski definition) is 7. The van der Waals surface area contributed by atoms with Gasteiger partial charge in [0.1, 0.15) is 18.2 Å². The monoisotopic (exact) mass is 517 g/mol. The van der Waals surface area contributed by atoms with Crippen LogP contribution in [0.2, 0.25) is 13.1 Å². The van der Waals surface area contributed by atoms with Crippen LogP contribution >= 0.6 is 7.60 Å². The van der Waals surface area contributed by atoms with Gasteiger partial charge in [-0.25, -0.2) is 0 Å². The number of anilines is 1. The molecular formula is C22H40NO7PSi2. The van der Waals surface area contributed by atoms with Crippen LogP contribution in [-0.2, 0) is 32.1 Å². The first kappa shape index (κ1) is 29.9. The molecule has 188 valence electrons. The summed E-state index contributed by atoms with van der Waals surface area (Å²) >= 11 is 0. The van der Waals surface area contributed by atoms with Gasteiger partial charge in [0.05, 0.1) is 0 Å². The lowest BCUT2D eigenvalue weighted by Crippen LogP contribution is -2.45. The molecule has 1 aromatic carbocycles. The van der Waals surface area contributed by atoms with Crippen molar-refractivity contribution >= 4 is 44.5 Å². The summed E-state index contributed by atoms with van der Waals surface area (Å²) in [5.41, 5.74) is 0.194. The minimum absolute atomic E-state index is 0.0432. The first-order chi connectivity index (χ1) is 15.6. The summed E-state index contributed by atoms with van der Waals surface area (Å²) in [6.07, 6.45) is -0.651. The molecule has 1 unspecified atom stereocenters. The molecule has 0 radical (unpaired) electrons. The first-order valence-electron chi connectivity index (χ1n) is 11.4. The van der Waals surface area contributed by atoms with E-state index in [0.717, 1.165) is 5.69 Å². The van der Waals surface area contributed by atoms with E-state index in [1.807, 2.05) is 64.2 Å². The molecule has 8 nitrogen and oxygen atoms in total. The van der Waals surface area contributed by atoms with Gasteiger partial charge in [0.25, 0.3) is 0 Å². The second-order valence-electron chi connectivity index (χ2n) is 8.32. The molecular weight excluding hydrogens is 477 g/mol. The van der Waals surface area contributed by atoms with Crippen LogP contribution in [-0.4, -0.2) is 64.4 Å². The lowest BCUT2D eigenvalue weighted by molar-refractivity contribution is -0.132. The Hall–Kier alpha value is -1.14. The Kier molecular flexibility index (Phi) is 13.0. The molecule has 0 saturated carbocycles. The molecule has 0 N–H and O–H groups in total. The molecule has 0 saturated heterocycles. The van der Waals surface area contributed by atoms with Gasteiger partial charge in [0, 0.05) is 44.7 Å². The number of carbonyl (C=O) groups is 2. The molecule has 0 aromatic heterocycles. The summed E-state index contributed by atoms with van der Waals surface area (Å²) in [5.74, 6) is -0.752. The third-order valence-corrected chi connectivity index (χ3v) is 8.93. The summed E-state index contributed by atoms with van der Waals surface area (Å²) in [6, 6.07) is 9.46. The fourth-order valence-corrected chi connectivity index (χ4v) is 6.58. The zero-order chi connectivity index (χ0) is 25.1. The highest BCUT2D eigenvalue weighted by Gasteiger charge is 2.42. The van der Waals surface area contributed by atoms with E-state index in [-0.39, 0.29) is 36.6 Å². The molecule has 0 aliphatic rings. The van der Waals surface area contributed by atoms with Crippen molar-refractivity contribution in [3.05, 3.63) is 30.3 Å². The van der Waals surface area contributed by atoms with Crippen LogP contribution in [0.3, 0.4) is 0 Å². The van der Waals surface area contributed by atoms with E-state index < -0.39 is 38.8 Å². The molecule has 33 heavy (non-hydrogen) atoms. The van der Waals surface area contributed by atoms with E-state index in [1.165, 1.54) is 14.2 Å². The van der Waals surface area contributed by atoms with E-state index >= 15 is 0 Å². The third kappa shape index (κ3) is 8.86. The number of Topliss-reactive ketones (excluding diaryl/α,β-unsaturated/α-hetero) is 1. The number of nitrogens with zero attached hydrogens (tertiary/aromatic N) is 1. The topological polar surface area (TPSA) is 91.4 Å². The highest BCUT2D eigenvalue weighted by Crippen LogP contribution is 2.47. The van der Waals surface area contributed by atoms with E-state index in [1.54, 1.807) is 4.90 Å². The Bertz CT molecular complexity index is 780. The number of benzene rings is 1. The molecule has 1 aromatic rings. The molecule has 0 fully saturated rings. The Morgan fingerprint density at radius 1 is 1.03 bits per heavy atom. The SMILES string of the molecule is CCN(C(=O)CC(CC(=O)CP(=O)(OC)OC)C(C)(C)C(O[SiH2]C)O[SiH2]C)c1ccccc1. The van der Waals surface area contributed by atoms with Gasteiger partial charge in [-0.05, 0) is 25.0 Å². The largest absolute Gasteiger partial charge is 0.400 e. The summed E-state index contributed by atoms with van der Waals surface area (Å²) in [4.78, 5) is 28.0. The minimum atomic E-state index is -3.50. The summed E-state index contributed by atoms with van der Waals surface area (Å²) in [6.45, 7) is 10.4. The predicted molar refractivity (Wildman–Crippen MR) is 137 cm³/mol. The van der Waals surface area contributed by atoms with Crippen molar-refractivity contribution < 1.29 is 32.1 Å². The lowest BCUT2D eigenvalue weighted by atomic mass is 9.73. The molecule has 0 bridgehead atoms. The number of ketones is 1. The quantitative estimate of drug-likeness (QED) is 0.189. The van der Waals surface area contributed by atoms with Gasteiger partial charge < -0.3 is 22.8 Å². The predicted octanol–water partition coefficient (Wildman–Crippen LogP) is 3.14. The normalized spacial score (nSPS) is 14.8. The maximum absolute atomic E-state index is 13.4. The number of carbonyl (C=O) groups excluding carboxylic acids is 2. The van der Waals surface area contributed by atoms with Gasteiger partial charge >= 0.3 is 7.60 Å². The van der Waals surface area contributed by atoms with Gasteiger partial charge in [-0.2, -0.15) is 0 Å². The van der Waals surface area contributed by atoms with Crippen LogP contribution in [0.1, 0.15) is 33.6 Å². The van der Waals surface area contributed by atoms with E-state index in [9.17, 15) is 14.2 Å². The Balaban J connectivity index is 3.23. The van der Waals surface area contributed by atoms with Crippen molar-refractivity contribution in [1.82, 2.24) is 0 Å². The van der Waals surface area contributed by atoms with Crippen molar-refractivity contribution in [3.63, 3.8) is 0 Å². The van der Waals surface area contributed by atoms with Crippen LogP contribution in [0, 0.1) is 11.3 Å². The average Bonchev–Trinajstić information content (AvgIpc) is 2.79.